The molecule has 0 bridgehead atoms. The minimum atomic E-state index is -2.82. The van der Waals surface area contributed by atoms with Gasteiger partial charge in [0.15, 0.2) is 11.5 Å². The number of ether oxygens (including phenoxy) is 2. The van der Waals surface area contributed by atoms with E-state index in [-0.39, 0.29) is 79.0 Å². The van der Waals surface area contributed by atoms with Gasteiger partial charge in [-0.2, -0.15) is 0 Å². The summed E-state index contributed by atoms with van der Waals surface area (Å²) >= 11 is 0. The number of halogens is 3. The van der Waals surface area contributed by atoms with Gasteiger partial charge in [0.1, 0.15) is 33.7 Å². The molecule has 1 aliphatic carbocycles. The summed E-state index contributed by atoms with van der Waals surface area (Å²) < 4.78 is 60.8. The molecule has 2 aliphatic rings. The van der Waals surface area contributed by atoms with Crippen molar-refractivity contribution >= 4 is 29.0 Å². The molecule has 2 amide bonds. The van der Waals surface area contributed by atoms with Gasteiger partial charge >= 0.3 is 12.1 Å². The number of rotatable bonds is 6. The summed E-state index contributed by atoms with van der Waals surface area (Å²) in [6.07, 6.45) is -1.15. The van der Waals surface area contributed by atoms with Crippen LogP contribution >= 0.6 is 0 Å². The van der Waals surface area contributed by atoms with Crippen LogP contribution in [0.25, 0.3) is 11.0 Å². The number of likely N-dealkylation sites (tertiary alicyclic amines) is 1. The number of imidazole rings is 1. The topological polar surface area (TPSA) is 153 Å². The summed E-state index contributed by atoms with van der Waals surface area (Å²) in [5, 5.41) is 10.1. The average molecular weight is 663 g/mol. The fraction of sp³-hybridized carbons (Fsp3) is 0.625. The molecular formula is C32H41F3N6O6. The fourth-order valence-electron chi connectivity index (χ4n) is 6.19. The largest absolute Gasteiger partial charge is 0.459 e. The van der Waals surface area contributed by atoms with Gasteiger partial charge < -0.3 is 24.7 Å². The number of alkyl halides is 2. The van der Waals surface area contributed by atoms with E-state index in [1.165, 1.54) is 17.9 Å². The minimum absolute atomic E-state index is 0.00875. The predicted molar refractivity (Wildman–Crippen MR) is 162 cm³/mol. The molecule has 1 aliphatic heterocycles. The number of hydrogen-bond donors (Lipinski definition) is 2. The number of fused-ring (bicyclic) bond motifs is 1. The van der Waals surface area contributed by atoms with E-state index in [1.54, 1.807) is 47.6 Å². The summed E-state index contributed by atoms with van der Waals surface area (Å²) in [5.74, 6) is -5.27. The molecule has 2 atom stereocenters. The van der Waals surface area contributed by atoms with E-state index >= 15 is 4.39 Å². The Bertz CT molecular complexity index is 1670. The number of amides is 2. The van der Waals surface area contributed by atoms with E-state index in [0.717, 1.165) is 0 Å². The second-order valence-corrected chi connectivity index (χ2v) is 14.5. The van der Waals surface area contributed by atoms with Crippen LogP contribution in [0.1, 0.15) is 107 Å². The van der Waals surface area contributed by atoms with Crippen LogP contribution in [0.2, 0.25) is 0 Å². The average Bonchev–Trinajstić information content (AvgIpc) is 3.69. The van der Waals surface area contributed by atoms with E-state index in [2.05, 4.69) is 30.2 Å². The number of nitrogens with one attached hydrogen (secondary N) is 2. The van der Waals surface area contributed by atoms with Crippen LogP contribution in [0, 0.1) is 18.7 Å². The van der Waals surface area contributed by atoms with Gasteiger partial charge in [-0.15, -0.1) is 0 Å². The van der Waals surface area contributed by atoms with E-state index in [9.17, 15) is 23.2 Å². The Balaban J connectivity index is 1.54. The highest BCUT2D eigenvalue weighted by molar-refractivity contribution is 5.93. The van der Waals surface area contributed by atoms with Crippen LogP contribution in [-0.4, -0.2) is 73.4 Å². The highest BCUT2D eigenvalue weighted by atomic mass is 19.3. The molecule has 1 saturated heterocycles. The number of nitrogens with zero attached hydrogens (tertiary/aromatic N) is 4. The third-order valence-electron chi connectivity index (χ3n) is 8.52. The SMILES string of the molecule is Cc1nonc1C(=O)N[C@H](c1nc2c(F)c(C3(C(=O)OC(C)(C)C)CCN(C(=O)OC(C)(C)C)C3)ccc2[nH]1)C1CCC(F)(F)CC1. The third kappa shape index (κ3) is 7.23. The van der Waals surface area contributed by atoms with Crippen LogP contribution in [0.3, 0.4) is 0 Å². The van der Waals surface area contributed by atoms with Gasteiger partial charge in [0.05, 0.1) is 11.6 Å². The van der Waals surface area contributed by atoms with E-state index in [4.69, 9.17) is 9.47 Å². The van der Waals surface area contributed by atoms with Crippen molar-refractivity contribution in [2.45, 2.75) is 109 Å². The molecule has 47 heavy (non-hydrogen) atoms. The van der Waals surface area contributed by atoms with Gasteiger partial charge in [-0.25, -0.2) is 27.6 Å². The number of H-pyrrole nitrogens is 1. The molecule has 15 heteroatoms. The number of esters is 1. The predicted octanol–water partition coefficient (Wildman–Crippen LogP) is 5.91. The quantitative estimate of drug-likeness (QED) is 0.307. The summed E-state index contributed by atoms with van der Waals surface area (Å²) in [6, 6.07) is 2.12. The van der Waals surface area contributed by atoms with E-state index in [0.29, 0.717) is 0 Å². The summed E-state index contributed by atoms with van der Waals surface area (Å²) in [5.41, 5.74) is -2.95. The van der Waals surface area contributed by atoms with Crippen LogP contribution in [0.5, 0.6) is 0 Å². The number of aromatic amines is 1. The molecule has 3 aromatic rings. The Hall–Kier alpha value is -4.17. The standard InChI is InChI=1S/C32H41F3N6O6/c1-17-22(40-47-39-17)26(42)38-23(18-10-12-32(34,35)13-11-18)25-36-20-9-8-19(21(33)24(20)37-25)31(27(43)45-29(2,3)4)14-15-41(16-31)28(44)46-30(5,6)7/h8-9,18,23H,10-16H2,1-7H3,(H,36,37)(H,38,42)/t23-,31?/m0/s1. The van der Waals surface area contributed by atoms with Crippen molar-refractivity contribution in [3.05, 3.63) is 40.7 Å². The summed E-state index contributed by atoms with van der Waals surface area (Å²) in [7, 11) is 0. The van der Waals surface area contributed by atoms with Gasteiger partial charge in [-0.05, 0) is 84.9 Å². The highest BCUT2D eigenvalue weighted by Gasteiger charge is 2.52. The highest BCUT2D eigenvalue weighted by Crippen LogP contribution is 2.43. The van der Waals surface area contributed by atoms with Crippen molar-refractivity contribution in [3.63, 3.8) is 0 Å². The normalized spacial score (nSPS) is 21.1. The Morgan fingerprint density at radius 3 is 2.30 bits per heavy atom. The Morgan fingerprint density at radius 2 is 1.70 bits per heavy atom. The zero-order valence-corrected chi connectivity index (χ0v) is 27.6. The molecule has 3 heterocycles. The van der Waals surface area contributed by atoms with Gasteiger partial charge in [-0.1, -0.05) is 11.2 Å². The van der Waals surface area contributed by atoms with Crippen LogP contribution in [-0.2, 0) is 19.7 Å². The molecule has 1 saturated carbocycles. The number of benzene rings is 1. The first-order valence-corrected chi connectivity index (χ1v) is 15.7. The third-order valence-corrected chi connectivity index (χ3v) is 8.52. The van der Waals surface area contributed by atoms with Gasteiger partial charge in [0, 0.05) is 31.5 Å². The van der Waals surface area contributed by atoms with Crippen LogP contribution < -0.4 is 5.32 Å². The Kier molecular flexibility index (Phi) is 8.82. The van der Waals surface area contributed by atoms with E-state index < -0.39 is 58.3 Å². The number of aryl methyl sites for hydroxylation is 1. The van der Waals surface area contributed by atoms with Crippen molar-refractivity contribution < 1.29 is 41.7 Å². The molecule has 2 fully saturated rings. The number of carbonyl (C=O) groups excluding carboxylic acids is 3. The van der Waals surface area contributed by atoms with Crippen molar-refractivity contribution in [2.24, 2.45) is 5.92 Å². The maximum atomic E-state index is 16.7. The first-order valence-electron chi connectivity index (χ1n) is 15.7. The molecule has 1 unspecified atom stereocenters. The van der Waals surface area contributed by atoms with Crippen LogP contribution in [0.15, 0.2) is 16.8 Å². The van der Waals surface area contributed by atoms with Gasteiger partial charge in [-0.3, -0.25) is 9.59 Å². The van der Waals surface area contributed by atoms with Crippen molar-refractivity contribution in [1.82, 2.24) is 30.5 Å². The Morgan fingerprint density at radius 1 is 1.04 bits per heavy atom. The number of hydrogen-bond acceptors (Lipinski definition) is 9. The van der Waals surface area contributed by atoms with Gasteiger partial charge in [0.2, 0.25) is 5.92 Å². The smallest absolute Gasteiger partial charge is 0.410 e. The molecule has 5 rings (SSSR count). The molecule has 2 N–H and O–H groups in total. The van der Waals surface area contributed by atoms with Gasteiger partial charge in [0.25, 0.3) is 5.91 Å². The molecule has 12 nitrogen and oxygen atoms in total. The lowest BCUT2D eigenvalue weighted by atomic mass is 9.79. The first kappa shape index (κ1) is 34.2. The first-order chi connectivity index (χ1) is 21.8. The zero-order valence-electron chi connectivity index (χ0n) is 27.6. The molecule has 0 radical (unpaired) electrons. The maximum Gasteiger partial charge on any atom is 0.410 e. The second kappa shape index (κ2) is 12.1. The zero-order chi connectivity index (χ0) is 34.5. The lowest BCUT2D eigenvalue weighted by Crippen LogP contribution is -2.45. The summed E-state index contributed by atoms with van der Waals surface area (Å²) in [6.45, 7) is 11.7. The molecule has 256 valence electrons. The lowest BCUT2D eigenvalue weighted by Gasteiger charge is -2.33. The van der Waals surface area contributed by atoms with Crippen LogP contribution in [0.4, 0.5) is 18.0 Å². The Labute approximate surface area is 270 Å². The molecular weight excluding hydrogens is 621 g/mol. The fourth-order valence-corrected chi connectivity index (χ4v) is 6.19. The number of carbonyl (C=O) groups is 3. The van der Waals surface area contributed by atoms with Crippen molar-refractivity contribution in [1.29, 1.82) is 0 Å². The van der Waals surface area contributed by atoms with E-state index in [1.807, 2.05) is 0 Å². The van der Waals surface area contributed by atoms with Crippen molar-refractivity contribution in [2.75, 3.05) is 13.1 Å². The minimum Gasteiger partial charge on any atom is -0.459 e. The van der Waals surface area contributed by atoms with Crippen molar-refractivity contribution in [3.8, 4) is 0 Å². The monoisotopic (exact) mass is 662 g/mol. The number of aromatic nitrogens is 4. The second-order valence-electron chi connectivity index (χ2n) is 14.5. The molecule has 2 aromatic heterocycles. The summed E-state index contributed by atoms with van der Waals surface area (Å²) in [4.78, 5) is 48.9. The maximum absolute atomic E-state index is 16.7. The lowest BCUT2D eigenvalue weighted by molar-refractivity contribution is -0.161. The molecule has 0 spiro atoms. The molecule has 1 aromatic carbocycles.